The van der Waals surface area contributed by atoms with E-state index < -0.39 is 11.5 Å². The lowest BCUT2D eigenvalue weighted by molar-refractivity contribution is 0.102. The van der Waals surface area contributed by atoms with Gasteiger partial charge in [-0.2, -0.15) is 4.98 Å². The lowest BCUT2D eigenvalue weighted by atomic mass is 10.2. The van der Waals surface area contributed by atoms with Crippen molar-refractivity contribution >= 4 is 23.5 Å². The molecule has 0 atom stereocenters. The van der Waals surface area contributed by atoms with Crippen LogP contribution in [0.15, 0.2) is 23.0 Å². The van der Waals surface area contributed by atoms with Gasteiger partial charge in [0.2, 0.25) is 11.8 Å². The third kappa shape index (κ3) is 3.12. The Hall–Kier alpha value is -2.41. The van der Waals surface area contributed by atoms with Crippen molar-refractivity contribution in [3.63, 3.8) is 0 Å². The summed E-state index contributed by atoms with van der Waals surface area (Å²) < 4.78 is 4.91. The summed E-state index contributed by atoms with van der Waals surface area (Å²) in [6, 6.07) is 4.44. The molecule has 0 unspecified atom stereocenters. The highest BCUT2D eigenvalue weighted by Gasteiger charge is 2.13. The van der Waals surface area contributed by atoms with Gasteiger partial charge in [-0.25, -0.2) is 4.98 Å². The van der Waals surface area contributed by atoms with Gasteiger partial charge in [0, 0.05) is 11.8 Å². The molecule has 2 aromatic heterocycles. The molecule has 0 bridgehead atoms. The molecule has 1 amide bonds. The topological polar surface area (TPSA) is 97.0 Å². The minimum Gasteiger partial charge on any atom is -0.481 e. The van der Waals surface area contributed by atoms with E-state index in [-0.39, 0.29) is 22.5 Å². The van der Waals surface area contributed by atoms with Crippen LogP contribution < -0.4 is 15.6 Å². The van der Waals surface area contributed by atoms with Crippen LogP contribution in [0.2, 0.25) is 5.15 Å². The van der Waals surface area contributed by atoms with Gasteiger partial charge >= 0.3 is 0 Å². The Morgan fingerprint density at radius 3 is 2.80 bits per heavy atom. The number of anilines is 1. The van der Waals surface area contributed by atoms with Gasteiger partial charge in [0.25, 0.3) is 11.5 Å². The lowest BCUT2D eigenvalue weighted by Crippen LogP contribution is -2.24. The SMILES string of the molecule is COc1cc(Cl)nc(NC(=O)c2ccc(C)[nH]c2=O)n1. The molecule has 7 nitrogen and oxygen atoms in total. The minimum atomic E-state index is -0.629. The van der Waals surface area contributed by atoms with E-state index in [4.69, 9.17) is 16.3 Å². The third-order valence-corrected chi connectivity index (χ3v) is 2.60. The molecule has 0 aliphatic heterocycles. The number of methoxy groups -OCH3 is 1. The molecule has 8 heteroatoms. The molecule has 0 fully saturated rings. The van der Waals surface area contributed by atoms with Gasteiger partial charge in [-0.1, -0.05) is 11.6 Å². The molecule has 0 spiro atoms. The molecule has 20 heavy (non-hydrogen) atoms. The van der Waals surface area contributed by atoms with Gasteiger partial charge in [-0.3, -0.25) is 14.9 Å². The van der Waals surface area contributed by atoms with Crippen molar-refractivity contribution in [3.05, 3.63) is 45.0 Å². The number of hydrogen-bond donors (Lipinski definition) is 2. The van der Waals surface area contributed by atoms with Gasteiger partial charge in [-0.15, -0.1) is 0 Å². The summed E-state index contributed by atoms with van der Waals surface area (Å²) in [7, 11) is 1.41. The summed E-state index contributed by atoms with van der Waals surface area (Å²) in [5.74, 6) is -0.465. The first kappa shape index (κ1) is 14.0. The highest BCUT2D eigenvalue weighted by molar-refractivity contribution is 6.29. The Balaban J connectivity index is 2.27. The molecular formula is C12H11ClN4O3. The van der Waals surface area contributed by atoms with Gasteiger partial charge < -0.3 is 9.72 Å². The van der Waals surface area contributed by atoms with Crippen molar-refractivity contribution in [1.29, 1.82) is 0 Å². The standard InChI is InChI=1S/C12H11ClN4O3/c1-6-3-4-7(10(18)14-6)11(19)17-12-15-8(13)5-9(16-12)20-2/h3-5H,1-2H3,(H,14,18)(H,15,16,17,19). The van der Waals surface area contributed by atoms with E-state index >= 15 is 0 Å². The monoisotopic (exact) mass is 294 g/mol. The first-order valence-corrected chi connectivity index (χ1v) is 5.97. The van der Waals surface area contributed by atoms with Crippen molar-refractivity contribution in [3.8, 4) is 5.88 Å². The van der Waals surface area contributed by atoms with Crippen LogP contribution in [0.25, 0.3) is 0 Å². The Kier molecular flexibility index (Phi) is 3.99. The predicted octanol–water partition coefficient (Wildman–Crippen LogP) is 1.39. The van der Waals surface area contributed by atoms with Crippen LogP contribution >= 0.6 is 11.6 Å². The number of amides is 1. The lowest BCUT2D eigenvalue weighted by Gasteiger charge is -2.05. The second kappa shape index (κ2) is 5.70. The average Bonchev–Trinajstić information content (AvgIpc) is 2.37. The summed E-state index contributed by atoms with van der Waals surface area (Å²) in [5, 5.41) is 2.50. The zero-order valence-electron chi connectivity index (χ0n) is 10.7. The number of rotatable bonds is 3. The van der Waals surface area contributed by atoms with Crippen LogP contribution in [0, 0.1) is 6.92 Å². The minimum absolute atomic E-state index is 0.0423. The third-order valence-electron chi connectivity index (χ3n) is 2.41. The van der Waals surface area contributed by atoms with Crippen molar-refractivity contribution < 1.29 is 9.53 Å². The molecule has 2 rings (SSSR count). The molecule has 104 valence electrons. The van der Waals surface area contributed by atoms with E-state index in [1.54, 1.807) is 13.0 Å². The van der Waals surface area contributed by atoms with Crippen molar-refractivity contribution in [1.82, 2.24) is 15.0 Å². The number of aromatic amines is 1. The van der Waals surface area contributed by atoms with Crippen LogP contribution in [0.3, 0.4) is 0 Å². The molecule has 2 heterocycles. The van der Waals surface area contributed by atoms with Crippen molar-refractivity contribution in [2.45, 2.75) is 6.92 Å². The number of carbonyl (C=O) groups is 1. The van der Waals surface area contributed by atoms with Gasteiger partial charge in [0.15, 0.2) is 0 Å². The van der Waals surface area contributed by atoms with Crippen LogP contribution in [-0.4, -0.2) is 28.0 Å². The Labute approximate surface area is 119 Å². The normalized spacial score (nSPS) is 10.2. The number of halogens is 1. The van der Waals surface area contributed by atoms with Crippen molar-refractivity contribution in [2.24, 2.45) is 0 Å². The van der Waals surface area contributed by atoms with E-state index in [0.717, 1.165) is 0 Å². The fraction of sp³-hybridized carbons (Fsp3) is 0.167. The number of aromatic nitrogens is 3. The molecule has 0 radical (unpaired) electrons. The van der Waals surface area contributed by atoms with E-state index in [9.17, 15) is 9.59 Å². The zero-order chi connectivity index (χ0) is 14.7. The van der Waals surface area contributed by atoms with Gasteiger partial charge in [0.05, 0.1) is 7.11 Å². The van der Waals surface area contributed by atoms with Gasteiger partial charge in [-0.05, 0) is 19.1 Å². The molecule has 0 saturated heterocycles. The zero-order valence-corrected chi connectivity index (χ0v) is 11.5. The van der Waals surface area contributed by atoms with Gasteiger partial charge in [0.1, 0.15) is 10.7 Å². The number of aryl methyl sites for hydroxylation is 1. The Bertz CT molecular complexity index is 714. The molecule has 0 saturated carbocycles. The average molecular weight is 295 g/mol. The molecule has 2 N–H and O–H groups in total. The molecule has 0 aliphatic rings. The number of carbonyl (C=O) groups excluding carboxylic acids is 1. The first-order valence-electron chi connectivity index (χ1n) is 5.59. The molecule has 0 aliphatic carbocycles. The quantitative estimate of drug-likeness (QED) is 0.834. The summed E-state index contributed by atoms with van der Waals surface area (Å²) in [4.78, 5) is 33.9. The maximum Gasteiger partial charge on any atom is 0.263 e. The van der Waals surface area contributed by atoms with Crippen molar-refractivity contribution in [2.75, 3.05) is 12.4 Å². The molecule has 0 aromatic carbocycles. The van der Waals surface area contributed by atoms with E-state index in [0.29, 0.717) is 5.69 Å². The number of hydrogen-bond acceptors (Lipinski definition) is 5. The second-order valence-electron chi connectivity index (χ2n) is 3.89. The number of pyridine rings is 1. The first-order chi connectivity index (χ1) is 9.49. The number of ether oxygens (including phenoxy) is 1. The summed E-state index contributed by atoms with van der Waals surface area (Å²) >= 11 is 5.76. The Morgan fingerprint density at radius 2 is 2.15 bits per heavy atom. The van der Waals surface area contributed by atoms with Crippen LogP contribution in [-0.2, 0) is 0 Å². The number of nitrogens with one attached hydrogen (secondary N) is 2. The Morgan fingerprint density at radius 1 is 1.40 bits per heavy atom. The van der Waals surface area contributed by atoms with E-state index in [1.165, 1.54) is 19.2 Å². The highest BCUT2D eigenvalue weighted by Crippen LogP contribution is 2.15. The van der Waals surface area contributed by atoms with E-state index in [1.807, 2.05) is 0 Å². The maximum atomic E-state index is 12.0. The summed E-state index contributed by atoms with van der Waals surface area (Å²) in [6.45, 7) is 1.72. The highest BCUT2D eigenvalue weighted by atomic mass is 35.5. The van der Waals surface area contributed by atoms with Crippen LogP contribution in [0.5, 0.6) is 5.88 Å². The number of nitrogens with zero attached hydrogens (tertiary/aromatic N) is 2. The number of H-pyrrole nitrogens is 1. The molecule has 2 aromatic rings. The van der Waals surface area contributed by atoms with E-state index in [2.05, 4.69) is 20.3 Å². The largest absolute Gasteiger partial charge is 0.481 e. The smallest absolute Gasteiger partial charge is 0.263 e. The van der Waals surface area contributed by atoms with Crippen LogP contribution in [0.1, 0.15) is 16.1 Å². The predicted molar refractivity (Wildman–Crippen MR) is 73.3 cm³/mol. The summed E-state index contributed by atoms with van der Waals surface area (Å²) in [5.41, 5.74) is 0.127. The fourth-order valence-electron chi connectivity index (χ4n) is 1.48. The maximum absolute atomic E-state index is 12.0. The fourth-order valence-corrected chi connectivity index (χ4v) is 1.65. The summed E-state index contributed by atoms with van der Waals surface area (Å²) in [6.07, 6.45) is 0. The second-order valence-corrected chi connectivity index (χ2v) is 4.28. The van der Waals surface area contributed by atoms with Crippen LogP contribution in [0.4, 0.5) is 5.95 Å². The molecular weight excluding hydrogens is 284 g/mol.